The second-order valence-electron chi connectivity index (χ2n) is 9.48. The quantitative estimate of drug-likeness (QED) is 0.746. The summed E-state index contributed by atoms with van der Waals surface area (Å²) in [4.78, 5) is 13.3. The van der Waals surface area contributed by atoms with Crippen molar-refractivity contribution in [1.29, 1.82) is 0 Å². The van der Waals surface area contributed by atoms with Crippen LogP contribution in [0.4, 0.5) is 5.69 Å². The van der Waals surface area contributed by atoms with Gasteiger partial charge in [0, 0.05) is 23.7 Å². The standard InChI is InChI=1S/C21H27ClN2O3S/c22-21-12-15-9-16(13-21)11-20(10-15,14-21)19(25)23-17-3-5-18(6-4-17)28(26,27)24-7-1-2-8-24/h3-6,15-16H,1-2,7-14H2,(H,23,25). The van der Waals surface area contributed by atoms with Gasteiger partial charge in [-0.2, -0.15) is 4.31 Å². The van der Waals surface area contributed by atoms with E-state index < -0.39 is 10.0 Å². The fraction of sp³-hybridized carbons (Fsp3) is 0.667. The van der Waals surface area contributed by atoms with E-state index in [4.69, 9.17) is 11.6 Å². The lowest BCUT2D eigenvalue weighted by atomic mass is 9.49. The van der Waals surface area contributed by atoms with Crippen LogP contribution in [0.2, 0.25) is 0 Å². The van der Waals surface area contributed by atoms with Gasteiger partial charge >= 0.3 is 0 Å². The Labute approximate surface area is 171 Å². The number of carbonyl (C=O) groups excluding carboxylic acids is 1. The van der Waals surface area contributed by atoms with Crippen molar-refractivity contribution in [3.8, 4) is 0 Å². The molecule has 0 spiro atoms. The normalized spacial score (nSPS) is 37.3. The molecule has 1 aromatic rings. The number of hydrogen-bond donors (Lipinski definition) is 1. The first-order valence-electron chi connectivity index (χ1n) is 10.4. The van der Waals surface area contributed by atoms with Gasteiger partial charge in [0.2, 0.25) is 15.9 Å². The summed E-state index contributed by atoms with van der Waals surface area (Å²) in [6.45, 7) is 1.18. The largest absolute Gasteiger partial charge is 0.326 e. The number of halogens is 1. The first-order chi connectivity index (χ1) is 13.3. The molecule has 7 heteroatoms. The molecule has 0 radical (unpaired) electrons. The van der Waals surface area contributed by atoms with Crippen molar-refractivity contribution in [1.82, 2.24) is 4.31 Å². The summed E-state index contributed by atoms with van der Waals surface area (Å²) in [5, 5.41) is 3.06. The number of nitrogens with one attached hydrogen (secondary N) is 1. The highest BCUT2D eigenvalue weighted by Crippen LogP contribution is 2.64. The van der Waals surface area contributed by atoms with E-state index >= 15 is 0 Å². The molecule has 28 heavy (non-hydrogen) atoms. The summed E-state index contributed by atoms with van der Waals surface area (Å²) < 4.78 is 26.9. The maximum atomic E-state index is 13.2. The van der Waals surface area contributed by atoms with Crippen LogP contribution >= 0.6 is 11.6 Å². The van der Waals surface area contributed by atoms with Crippen molar-refractivity contribution in [2.24, 2.45) is 17.3 Å². The summed E-state index contributed by atoms with van der Waals surface area (Å²) >= 11 is 6.85. The molecular formula is C21H27ClN2O3S. The molecule has 2 atom stereocenters. The van der Waals surface area contributed by atoms with E-state index in [1.807, 2.05) is 0 Å². The second-order valence-corrected chi connectivity index (χ2v) is 12.2. The molecule has 1 N–H and O–H groups in total. The van der Waals surface area contributed by atoms with Crippen LogP contribution in [0.3, 0.4) is 0 Å². The van der Waals surface area contributed by atoms with Gasteiger partial charge in [-0.25, -0.2) is 8.42 Å². The van der Waals surface area contributed by atoms with Crippen LogP contribution in [-0.4, -0.2) is 36.6 Å². The number of benzene rings is 1. The minimum Gasteiger partial charge on any atom is -0.326 e. The molecule has 5 fully saturated rings. The Balaban J connectivity index is 1.32. The molecule has 6 rings (SSSR count). The van der Waals surface area contributed by atoms with Crippen LogP contribution in [0.1, 0.15) is 51.4 Å². The Morgan fingerprint density at radius 1 is 1.04 bits per heavy atom. The molecule has 1 aliphatic heterocycles. The van der Waals surface area contributed by atoms with E-state index in [1.54, 1.807) is 24.3 Å². The lowest BCUT2D eigenvalue weighted by Gasteiger charge is -2.59. The lowest BCUT2D eigenvalue weighted by molar-refractivity contribution is -0.138. The third kappa shape index (κ3) is 3.08. The highest BCUT2D eigenvalue weighted by Gasteiger charge is 2.60. The Morgan fingerprint density at radius 3 is 2.21 bits per heavy atom. The van der Waals surface area contributed by atoms with E-state index in [9.17, 15) is 13.2 Å². The number of amides is 1. The van der Waals surface area contributed by atoms with Gasteiger partial charge in [-0.1, -0.05) is 0 Å². The summed E-state index contributed by atoms with van der Waals surface area (Å²) in [7, 11) is -3.43. The van der Waals surface area contributed by atoms with Gasteiger partial charge in [0.25, 0.3) is 0 Å². The third-order valence-corrected chi connectivity index (χ3v) is 9.64. The second kappa shape index (κ2) is 6.44. The van der Waals surface area contributed by atoms with E-state index in [-0.39, 0.29) is 16.2 Å². The van der Waals surface area contributed by atoms with Crippen LogP contribution in [0.15, 0.2) is 29.2 Å². The minimum atomic E-state index is -3.43. The molecule has 1 heterocycles. The first-order valence-corrected chi connectivity index (χ1v) is 12.2. The van der Waals surface area contributed by atoms with Crippen LogP contribution in [0, 0.1) is 17.3 Å². The van der Waals surface area contributed by atoms with Crippen molar-refractivity contribution >= 4 is 33.2 Å². The fourth-order valence-electron chi connectivity index (χ4n) is 6.47. The molecule has 4 saturated carbocycles. The van der Waals surface area contributed by atoms with Crippen LogP contribution in [0.25, 0.3) is 0 Å². The zero-order valence-corrected chi connectivity index (χ0v) is 17.6. The molecule has 1 aromatic carbocycles. The van der Waals surface area contributed by atoms with Crippen molar-refractivity contribution in [3.05, 3.63) is 24.3 Å². The molecule has 4 bridgehead atoms. The molecule has 4 aliphatic carbocycles. The minimum absolute atomic E-state index is 0.0572. The Hall–Kier alpha value is -1.11. The summed E-state index contributed by atoms with van der Waals surface area (Å²) in [5.41, 5.74) is 0.302. The molecule has 2 unspecified atom stereocenters. The molecule has 5 nitrogen and oxygen atoms in total. The number of hydrogen-bond acceptors (Lipinski definition) is 3. The number of alkyl halides is 1. The maximum absolute atomic E-state index is 13.2. The van der Waals surface area contributed by atoms with Crippen LogP contribution in [-0.2, 0) is 14.8 Å². The Bertz CT molecular complexity index is 879. The predicted octanol–water partition coefficient (Wildman–Crippen LogP) is 3.99. The van der Waals surface area contributed by atoms with Gasteiger partial charge in [0.1, 0.15) is 0 Å². The van der Waals surface area contributed by atoms with Crippen molar-refractivity contribution in [3.63, 3.8) is 0 Å². The zero-order chi connectivity index (χ0) is 19.6. The van der Waals surface area contributed by atoms with Gasteiger partial charge in [-0.15, -0.1) is 11.6 Å². The summed E-state index contributed by atoms with van der Waals surface area (Å²) in [5.74, 6) is 1.19. The van der Waals surface area contributed by atoms with Crippen molar-refractivity contribution in [2.75, 3.05) is 18.4 Å². The number of anilines is 1. The van der Waals surface area contributed by atoms with E-state index in [0.29, 0.717) is 35.5 Å². The topological polar surface area (TPSA) is 66.5 Å². The average molecular weight is 423 g/mol. The summed E-state index contributed by atoms with van der Waals surface area (Å²) in [6, 6.07) is 6.62. The molecule has 152 valence electrons. The predicted molar refractivity (Wildman–Crippen MR) is 109 cm³/mol. The molecule has 5 aliphatic rings. The highest BCUT2D eigenvalue weighted by molar-refractivity contribution is 7.89. The molecule has 1 amide bonds. The van der Waals surface area contributed by atoms with E-state index in [1.165, 1.54) is 10.7 Å². The monoisotopic (exact) mass is 422 g/mol. The highest BCUT2D eigenvalue weighted by atomic mass is 35.5. The molecular weight excluding hydrogens is 396 g/mol. The van der Waals surface area contributed by atoms with Crippen LogP contribution < -0.4 is 5.32 Å². The fourth-order valence-corrected chi connectivity index (χ4v) is 8.68. The molecule has 0 aromatic heterocycles. The smallest absolute Gasteiger partial charge is 0.243 e. The zero-order valence-electron chi connectivity index (χ0n) is 16.0. The van der Waals surface area contributed by atoms with E-state index in [2.05, 4.69) is 5.32 Å². The number of rotatable bonds is 4. The van der Waals surface area contributed by atoms with Crippen LogP contribution in [0.5, 0.6) is 0 Å². The lowest BCUT2D eigenvalue weighted by Crippen LogP contribution is -2.57. The number of nitrogens with zero attached hydrogens (tertiary/aromatic N) is 1. The Kier molecular flexibility index (Phi) is 4.35. The summed E-state index contributed by atoms with van der Waals surface area (Å²) in [6.07, 6.45) is 7.77. The van der Waals surface area contributed by atoms with Gasteiger partial charge in [0.15, 0.2) is 0 Å². The molecule has 1 saturated heterocycles. The maximum Gasteiger partial charge on any atom is 0.243 e. The van der Waals surface area contributed by atoms with E-state index in [0.717, 1.165) is 44.9 Å². The van der Waals surface area contributed by atoms with Crippen molar-refractivity contribution in [2.45, 2.75) is 61.1 Å². The van der Waals surface area contributed by atoms with Gasteiger partial charge in [-0.3, -0.25) is 4.79 Å². The number of carbonyl (C=O) groups is 1. The third-order valence-electron chi connectivity index (χ3n) is 7.29. The SMILES string of the molecule is O=C(Nc1ccc(S(=O)(=O)N2CCCC2)cc1)C12CC3CC(CC(Cl)(C3)C1)C2. The van der Waals surface area contributed by atoms with Gasteiger partial charge in [0.05, 0.1) is 10.3 Å². The average Bonchev–Trinajstić information content (AvgIpc) is 3.15. The van der Waals surface area contributed by atoms with Gasteiger partial charge in [-0.05, 0) is 87.5 Å². The first kappa shape index (κ1) is 18.9. The van der Waals surface area contributed by atoms with Crippen molar-refractivity contribution < 1.29 is 13.2 Å². The number of sulfonamides is 1. The van der Waals surface area contributed by atoms with Gasteiger partial charge < -0.3 is 5.32 Å². The Morgan fingerprint density at radius 2 is 1.64 bits per heavy atom.